The minimum atomic E-state index is -1.91. The van der Waals surface area contributed by atoms with Gasteiger partial charge in [-0.3, -0.25) is 4.79 Å². The summed E-state index contributed by atoms with van der Waals surface area (Å²) in [5, 5.41) is 12.7. The lowest BCUT2D eigenvalue weighted by Gasteiger charge is -2.39. The van der Waals surface area contributed by atoms with E-state index in [1.54, 1.807) is 6.08 Å². The Hall–Kier alpha value is -0.653. The first-order chi connectivity index (χ1) is 8.04. The number of carbonyl (C=O) groups excluding carboxylic acids is 1. The van der Waals surface area contributed by atoms with Crippen LogP contribution in [0.5, 0.6) is 0 Å². The van der Waals surface area contributed by atoms with E-state index in [-0.39, 0.29) is 23.1 Å². The van der Waals surface area contributed by atoms with Crippen LogP contribution in [0.4, 0.5) is 0 Å². The molecule has 3 atom stereocenters. The molecular formula is C13H25NO3Si. The van der Waals surface area contributed by atoms with Gasteiger partial charge in [-0.2, -0.15) is 0 Å². The lowest BCUT2D eigenvalue weighted by molar-refractivity contribution is -0.120. The molecule has 0 saturated heterocycles. The summed E-state index contributed by atoms with van der Waals surface area (Å²) in [7, 11) is -1.91. The number of carbonyl (C=O) groups is 1. The highest BCUT2D eigenvalue weighted by Crippen LogP contribution is 2.38. The van der Waals surface area contributed by atoms with Crippen molar-refractivity contribution in [3.05, 3.63) is 12.2 Å². The average molecular weight is 271 g/mol. The van der Waals surface area contributed by atoms with Gasteiger partial charge in [-0.1, -0.05) is 32.9 Å². The third-order valence-electron chi connectivity index (χ3n) is 3.83. The zero-order valence-corrected chi connectivity index (χ0v) is 13.2. The number of nitrogens with one attached hydrogen (secondary N) is 1. The minimum Gasteiger partial charge on any atom is -0.408 e. The predicted molar refractivity (Wildman–Crippen MR) is 74.8 cm³/mol. The second-order valence-electron chi connectivity index (χ2n) is 6.44. The Labute approximate surface area is 111 Å². The smallest absolute Gasteiger partial charge is 0.217 e. The molecule has 0 aromatic heterocycles. The summed E-state index contributed by atoms with van der Waals surface area (Å²) in [6, 6.07) is -0.364. The molecular weight excluding hydrogens is 246 g/mol. The molecule has 0 aromatic rings. The van der Waals surface area contributed by atoms with Gasteiger partial charge in [0.05, 0.1) is 18.2 Å². The first kappa shape index (κ1) is 15.4. The van der Waals surface area contributed by atoms with Crippen LogP contribution >= 0.6 is 0 Å². The maximum Gasteiger partial charge on any atom is 0.217 e. The standard InChI is InChI=1S/C13H25NO3Si/c1-9(15)14-12-10(16)7-8-11(12)17-18(5,6)13(2,3)4/h7-8,10-12,16H,1-6H3,(H,14,15)/t10-,11+,12+/m0/s1. The van der Waals surface area contributed by atoms with Crippen LogP contribution in [0, 0.1) is 0 Å². The molecule has 0 saturated carbocycles. The molecule has 0 heterocycles. The van der Waals surface area contributed by atoms with Crippen molar-refractivity contribution in [1.82, 2.24) is 5.32 Å². The van der Waals surface area contributed by atoms with Crippen molar-refractivity contribution in [2.45, 2.75) is 64.1 Å². The Morgan fingerprint density at radius 3 is 2.33 bits per heavy atom. The Bertz CT molecular complexity index is 347. The summed E-state index contributed by atoms with van der Waals surface area (Å²) in [5.41, 5.74) is 0. The monoisotopic (exact) mass is 271 g/mol. The number of aliphatic hydroxyl groups excluding tert-OH is 1. The van der Waals surface area contributed by atoms with E-state index in [9.17, 15) is 9.90 Å². The predicted octanol–water partition coefficient (Wildman–Crippen LogP) is 1.81. The molecule has 1 amide bonds. The Morgan fingerprint density at radius 2 is 1.89 bits per heavy atom. The van der Waals surface area contributed by atoms with Crippen molar-refractivity contribution in [1.29, 1.82) is 0 Å². The van der Waals surface area contributed by atoms with E-state index in [1.807, 2.05) is 6.08 Å². The summed E-state index contributed by atoms with van der Waals surface area (Å²) < 4.78 is 6.22. The summed E-state index contributed by atoms with van der Waals surface area (Å²) in [6.45, 7) is 12.3. The molecule has 1 aliphatic rings. The van der Waals surface area contributed by atoms with Gasteiger partial charge in [0.25, 0.3) is 0 Å². The molecule has 5 heteroatoms. The van der Waals surface area contributed by atoms with Crippen molar-refractivity contribution in [2.75, 3.05) is 0 Å². The van der Waals surface area contributed by atoms with Crippen LogP contribution in [0.15, 0.2) is 12.2 Å². The lowest BCUT2D eigenvalue weighted by Crippen LogP contribution is -2.52. The molecule has 0 aromatic carbocycles. The fourth-order valence-corrected chi connectivity index (χ4v) is 2.95. The van der Waals surface area contributed by atoms with Gasteiger partial charge >= 0.3 is 0 Å². The van der Waals surface area contributed by atoms with Crippen LogP contribution in [0.3, 0.4) is 0 Å². The molecule has 104 valence electrons. The quantitative estimate of drug-likeness (QED) is 0.608. The molecule has 0 unspecified atom stereocenters. The average Bonchev–Trinajstić information content (AvgIpc) is 2.46. The molecule has 1 aliphatic carbocycles. The van der Waals surface area contributed by atoms with Crippen molar-refractivity contribution in [3.8, 4) is 0 Å². The number of aliphatic hydroxyl groups is 1. The molecule has 4 nitrogen and oxygen atoms in total. The van der Waals surface area contributed by atoms with E-state index in [0.717, 1.165) is 0 Å². The molecule has 0 radical (unpaired) electrons. The fourth-order valence-electron chi connectivity index (χ4n) is 1.69. The first-order valence-electron chi connectivity index (χ1n) is 6.36. The lowest BCUT2D eigenvalue weighted by atomic mass is 10.1. The van der Waals surface area contributed by atoms with Crippen molar-refractivity contribution >= 4 is 14.2 Å². The maximum absolute atomic E-state index is 11.2. The third kappa shape index (κ3) is 3.43. The topological polar surface area (TPSA) is 58.6 Å². The molecule has 1 rings (SSSR count). The zero-order chi connectivity index (χ0) is 14.1. The largest absolute Gasteiger partial charge is 0.408 e. The molecule has 0 fully saturated rings. The molecule has 0 bridgehead atoms. The SMILES string of the molecule is CC(=O)N[C@@H]1[C@@H](O)C=C[C@H]1O[Si](C)(C)C(C)(C)C. The van der Waals surface area contributed by atoms with E-state index >= 15 is 0 Å². The molecule has 2 N–H and O–H groups in total. The van der Waals surface area contributed by atoms with Gasteiger partial charge in [-0.05, 0) is 18.1 Å². The van der Waals surface area contributed by atoms with Gasteiger partial charge in [-0.15, -0.1) is 0 Å². The third-order valence-corrected chi connectivity index (χ3v) is 8.30. The van der Waals surface area contributed by atoms with E-state index in [0.29, 0.717) is 0 Å². The van der Waals surface area contributed by atoms with E-state index in [1.165, 1.54) is 6.92 Å². The van der Waals surface area contributed by atoms with Gasteiger partial charge in [0.15, 0.2) is 8.32 Å². The van der Waals surface area contributed by atoms with Crippen LogP contribution < -0.4 is 5.32 Å². The van der Waals surface area contributed by atoms with Gasteiger partial charge in [-0.25, -0.2) is 0 Å². The Balaban J connectivity index is 2.77. The summed E-state index contributed by atoms with van der Waals surface area (Å²) in [6.07, 6.45) is 2.65. The fraction of sp³-hybridized carbons (Fsp3) is 0.769. The van der Waals surface area contributed by atoms with Crippen LogP contribution in [-0.4, -0.2) is 37.6 Å². The van der Waals surface area contributed by atoms with Gasteiger partial charge < -0.3 is 14.8 Å². The van der Waals surface area contributed by atoms with Crippen LogP contribution in [-0.2, 0) is 9.22 Å². The second kappa shape index (κ2) is 5.15. The summed E-state index contributed by atoms with van der Waals surface area (Å²) >= 11 is 0. The normalized spacial score (nSPS) is 28.5. The molecule has 0 aliphatic heterocycles. The first-order valence-corrected chi connectivity index (χ1v) is 9.27. The highest BCUT2D eigenvalue weighted by atomic mass is 28.4. The molecule has 0 spiro atoms. The Kier molecular flexibility index (Phi) is 4.41. The van der Waals surface area contributed by atoms with Crippen LogP contribution in [0.2, 0.25) is 18.1 Å². The van der Waals surface area contributed by atoms with Crippen molar-refractivity contribution in [3.63, 3.8) is 0 Å². The van der Waals surface area contributed by atoms with Crippen LogP contribution in [0.1, 0.15) is 27.7 Å². The summed E-state index contributed by atoms with van der Waals surface area (Å²) in [5.74, 6) is -0.147. The highest BCUT2D eigenvalue weighted by molar-refractivity contribution is 6.74. The van der Waals surface area contributed by atoms with Gasteiger partial charge in [0.1, 0.15) is 0 Å². The highest BCUT2D eigenvalue weighted by Gasteiger charge is 2.42. The van der Waals surface area contributed by atoms with E-state index < -0.39 is 14.4 Å². The summed E-state index contributed by atoms with van der Waals surface area (Å²) in [4.78, 5) is 11.2. The number of hydrogen-bond donors (Lipinski definition) is 2. The van der Waals surface area contributed by atoms with Gasteiger partial charge in [0.2, 0.25) is 5.91 Å². The van der Waals surface area contributed by atoms with Crippen molar-refractivity contribution < 1.29 is 14.3 Å². The zero-order valence-electron chi connectivity index (χ0n) is 12.2. The van der Waals surface area contributed by atoms with Gasteiger partial charge in [0, 0.05) is 6.92 Å². The van der Waals surface area contributed by atoms with E-state index in [4.69, 9.17) is 4.43 Å². The number of rotatable bonds is 3. The minimum absolute atomic E-state index is 0.106. The molecule has 18 heavy (non-hydrogen) atoms. The second-order valence-corrected chi connectivity index (χ2v) is 11.2. The van der Waals surface area contributed by atoms with Crippen LogP contribution in [0.25, 0.3) is 0 Å². The number of amides is 1. The Morgan fingerprint density at radius 1 is 1.33 bits per heavy atom. The van der Waals surface area contributed by atoms with E-state index in [2.05, 4.69) is 39.2 Å². The maximum atomic E-state index is 11.2. The van der Waals surface area contributed by atoms with Crippen molar-refractivity contribution in [2.24, 2.45) is 0 Å². The number of hydrogen-bond acceptors (Lipinski definition) is 3.